The third-order valence-electron chi connectivity index (χ3n) is 19.1. The van der Waals surface area contributed by atoms with Gasteiger partial charge in [0.2, 0.25) is 0 Å². The van der Waals surface area contributed by atoms with Crippen LogP contribution < -0.4 is 9.80 Å². The van der Waals surface area contributed by atoms with Crippen molar-refractivity contribution in [2.75, 3.05) is 9.80 Å². The zero-order valence-corrected chi connectivity index (χ0v) is 66.6. The molecule has 0 saturated heterocycles. The molecule has 0 radical (unpaired) electrons. The highest BCUT2D eigenvalue weighted by Crippen LogP contribution is 2.54. The molecule has 6 nitrogen and oxygen atoms in total. The van der Waals surface area contributed by atoms with Crippen molar-refractivity contribution in [2.24, 2.45) is 0 Å². The van der Waals surface area contributed by atoms with Crippen molar-refractivity contribution in [1.29, 1.82) is 0 Å². The van der Waals surface area contributed by atoms with Gasteiger partial charge in [0.1, 0.15) is 0 Å². The van der Waals surface area contributed by atoms with E-state index in [-0.39, 0.29) is 43.3 Å². The normalized spacial score (nSPS) is 12.8. The summed E-state index contributed by atoms with van der Waals surface area (Å²) in [6, 6.07) is 75.7. The molecule has 7 aromatic carbocycles. The SMILES string of the molecule is CC(C)(C)c1cc(-c2cccc(-c3cc(C(C)(C)C)nc(C(C)(C)C)c3)c2N(c2cccc(-c3ccccc3)c2)c2cc(Cl)cc(N(c3cccc(-c4ccc(Cl)cc4)c3)c3c(-c4cc(C(C)(C)C)nc(C(C)(C)C)c4)cccc3-c3cc(C(C)(C)C)nc(C(C)(C)C)c3)c2)cc(C(C)(C)C)n1. The first-order valence-corrected chi connectivity index (χ1v) is 37.0. The lowest BCUT2D eigenvalue weighted by molar-refractivity contribution is 0.531. The van der Waals surface area contributed by atoms with Crippen molar-refractivity contribution in [3.63, 3.8) is 0 Å². The number of pyridine rings is 4. The maximum absolute atomic E-state index is 8.15. The fourth-order valence-electron chi connectivity index (χ4n) is 12.9. The summed E-state index contributed by atoms with van der Waals surface area (Å²) in [5.74, 6) is 0. The fraction of sp³-hybridized carbons (Fsp3) is 0.340. The molecular formula is C94H106Cl2N6. The second-order valence-electron chi connectivity index (χ2n) is 36.2. The van der Waals surface area contributed by atoms with E-state index in [1.54, 1.807) is 0 Å². The number of benzene rings is 7. The van der Waals surface area contributed by atoms with Gasteiger partial charge < -0.3 is 9.80 Å². The summed E-state index contributed by atoms with van der Waals surface area (Å²) in [5.41, 5.74) is 23.9. The molecule has 0 unspecified atom stereocenters. The minimum Gasteiger partial charge on any atom is -0.309 e. The second kappa shape index (κ2) is 27.5. The quantitative estimate of drug-likeness (QED) is 0.121. The van der Waals surface area contributed by atoms with E-state index in [2.05, 4.69) is 370 Å². The molecule has 0 aliphatic heterocycles. The van der Waals surface area contributed by atoms with Crippen LogP contribution in [0.1, 0.15) is 212 Å². The summed E-state index contributed by atoms with van der Waals surface area (Å²) in [6.07, 6.45) is 0. The summed E-state index contributed by atoms with van der Waals surface area (Å²) >= 11 is 14.8. The topological polar surface area (TPSA) is 58.0 Å². The van der Waals surface area contributed by atoms with Crippen molar-refractivity contribution in [1.82, 2.24) is 19.9 Å². The molecule has 11 aromatic rings. The van der Waals surface area contributed by atoms with E-state index in [4.69, 9.17) is 43.1 Å². The molecule has 0 atom stereocenters. The average Bonchev–Trinajstić information content (AvgIpc) is 0.743. The number of anilines is 6. The molecule has 4 aromatic heterocycles. The monoisotopic (exact) mass is 1390 g/mol. The van der Waals surface area contributed by atoms with Gasteiger partial charge in [-0.3, -0.25) is 19.9 Å². The Morgan fingerprint density at radius 3 is 0.716 bits per heavy atom. The van der Waals surface area contributed by atoms with Crippen LogP contribution in [0.25, 0.3) is 66.8 Å². The Morgan fingerprint density at radius 2 is 0.451 bits per heavy atom. The Labute approximate surface area is 621 Å². The molecule has 0 aliphatic carbocycles. The summed E-state index contributed by atoms with van der Waals surface area (Å²) < 4.78 is 0. The van der Waals surface area contributed by atoms with Crippen LogP contribution in [-0.2, 0) is 43.3 Å². The van der Waals surface area contributed by atoms with Gasteiger partial charge in [0, 0.05) is 144 Å². The zero-order valence-electron chi connectivity index (χ0n) is 65.1. The first kappa shape index (κ1) is 74.5. The van der Waals surface area contributed by atoms with Gasteiger partial charge in [-0.1, -0.05) is 292 Å². The van der Waals surface area contributed by atoms with Crippen LogP contribution in [0.4, 0.5) is 34.1 Å². The van der Waals surface area contributed by atoms with Gasteiger partial charge in [-0.2, -0.15) is 0 Å². The smallest absolute Gasteiger partial charge is 0.0618 e. The van der Waals surface area contributed by atoms with Crippen molar-refractivity contribution >= 4 is 57.3 Å². The van der Waals surface area contributed by atoms with E-state index in [1.807, 2.05) is 12.1 Å². The van der Waals surface area contributed by atoms with Crippen molar-refractivity contribution in [3.05, 3.63) is 262 Å². The molecule has 0 fully saturated rings. The predicted octanol–water partition coefficient (Wildman–Crippen LogP) is 27.9. The summed E-state index contributed by atoms with van der Waals surface area (Å²) in [5, 5.41) is 1.23. The molecule has 8 heteroatoms. The van der Waals surface area contributed by atoms with E-state index in [1.165, 1.54) is 0 Å². The molecule has 0 spiro atoms. The molecular weight excluding hydrogens is 1280 g/mol. The molecule has 102 heavy (non-hydrogen) atoms. The molecule has 526 valence electrons. The Bertz CT molecular complexity index is 4590. The number of hydrogen-bond acceptors (Lipinski definition) is 6. The lowest BCUT2D eigenvalue weighted by Gasteiger charge is -2.35. The Kier molecular flexibility index (Phi) is 20.1. The second-order valence-corrected chi connectivity index (χ2v) is 37.1. The molecule has 0 aliphatic rings. The third kappa shape index (κ3) is 16.4. The van der Waals surface area contributed by atoms with Gasteiger partial charge >= 0.3 is 0 Å². The number of hydrogen-bond donors (Lipinski definition) is 0. The van der Waals surface area contributed by atoms with Crippen LogP contribution in [-0.4, -0.2) is 19.9 Å². The number of nitrogens with zero attached hydrogens (tertiary/aromatic N) is 6. The van der Waals surface area contributed by atoms with E-state index < -0.39 is 0 Å². The zero-order chi connectivity index (χ0) is 74.2. The molecule has 0 bridgehead atoms. The summed E-state index contributed by atoms with van der Waals surface area (Å²) in [7, 11) is 0. The number of rotatable bonds is 12. The third-order valence-corrected chi connectivity index (χ3v) is 19.6. The van der Waals surface area contributed by atoms with Crippen LogP contribution in [0.2, 0.25) is 10.0 Å². The minimum atomic E-state index is -0.287. The van der Waals surface area contributed by atoms with Crippen molar-refractivity contribution in [2.45, 2.75) is 209 Å². The number of para-hydroxylation sites is 2. The van der Waals surface area contributed by atoms with Gasteiger partial charge in [-0.15, -0.1) is 0 Å². The van der Waals surface area contributed by atoms with Gasteiger partial charge in [-0.25, -0.2) is 0 Å². The summed E-state index contributed by atoms with van der Waals surface area (Å²) in [6.45, 7) is 54.3. The number of aromatic nitrogens is 4. The predicted molar refractivity (Wildman–Crippen MR) is 439 cm³/mol. The largest absolute Gasteiger partial charge is 0.309 e. The maximum Gasteiger partial charge on any atom is 0.0618 e. The van der Waals surface area contributed by atoms with Crippen LogP contribution in [0, 0.1) is 0 Å². The van der Waals surface area contributed by atoms with E-state index in [0.717, 1.165) is 146 Å². The Balaban J connectivity index is 1.35. The fourth-order valence-corrected chi connectivity index (χ4v) is 13.2. The number of halogens is 2. The van der Waals surface area contributed by atoms with Crippen molar-refractivity contribution < 1.29 is 0 Å². The highest BCUT2D eigenvalue weighted by Gasteiger charge is 2.34. The highest BCUT2D eigenvalue weighted by atomic mass is 35.5. The Morgan fingerprint density at radius 1 is 0.206 bits per heavy atom. The van der Waals surface area contributed by atoms with Gasteiger partial charge in [0.15, 0.2) is 0 Å². The lowest BCUT2D eigenvalue weighted by Crippen LogP contribution is -2.21. The average molecular weight is 1390 g/mol. The highest BCUT2D eigenvalue weighted by molar-refractivity contribution is 6.31. The van der Waals surface area contributed by atoms with Gasteiger partial charge in [-0.05, 0) is 148 Å². The first-order valence-electron chi connectivity index (χ1n) is 36.2. The van der Waals surface area contributed by atoms with Crippen LogP contribution in [0.3, 0.4) is 0 Å². The molecule has 11 rings (SSSR count). The first-order chi connectivity index (χ1) is 47.4. The molecule has 4 heterocycles. The van der Waals surface area contributed by atoms with Crippen LogP contribution >= 0.6 is 23.2 Å². The standard InChI is InChI=1S/C94H106Cl2N6/c1-87(2,3)77-48-63(49-78(97-77)88(4,5)6)73-38-30-39-74(64-50-79(89(7,8)9)98-80(51-64)90(10,11)12)85(73)101(69-36-28-34-61(46-69)59-32-26-25-27-33-59)71-56-68(96)57-72(58-71)102(70-37-29-35-62(47-70)60-42-44-67(95)45-43-60)86-75(65-52-81(91(13,14)15)99-82(53-65)92(16,17)18)40-31-41-76(86)66-54-83(93(19,20)21)100-84(55-66)94(22,23)24/h25-58H,1-24H3. The van der Waals surface area contributed by atoms with E-state index >= 15 is 0 Å². The van der Waals surface area contributed by atoms with Gasteiger partial charge in [0.05, 0.1) is 11.4 Å². The molecule has 0 amide bonds. The van der Waals surface area contributed by atoms with Gasteiger partial charge in [0.25, 0.3) is 0 Å². The Hall–Kier alpha value is -8.68. The van der Waals surface area contributed by atoms with Crippen LogP contribution in [0.15, 0.2) is 206 Å². The van der Waals surface area contributed by atoms with Crippen molar-refractivity contribution in [3.8, 4) is 66.8 Å². The van der Waals surface area contributed by atoms with Crippen LogP contribution in [0.5, 0.6) is 0 Å². The molecule has 0 saturated carbocycles. The maximum atomic E-state index is 8.15. The van der Waals surface area contributed by atoms with E-state index in [0.29, 0.717) is 10.0 Å². The molecule has 0 N–H and O–H groups in total. The minimum absolute atomic E-state index is 0.283. The summed E-state index contributed by atoms with van der Waals surface area (Å²) in [4.78, 5) is 26.9. The lowest BCUT2D eigenvalue weighted by atomic mass is 9.83. The van der Waals surface area contributed by atoms with E-state index in [9.17, 15) is 0 Å².